The number of carbonyl (C=O) groups excluding carboxylic acids is 1. The molecule has 1 aliphatic rings. The van der Waals surface area contributed by atoms with Crippen molar-refractivity contribution in [3.63, 3.8) is 0 Å². The highest BCUT2D eigenvalue weighted by atomic mass is 16.1. The Morgan fingerprint density at radius 3 is 2.75 bits per heavy atom. The predicted molar refractivity (Wildman–Crippen MR) is 84.5 cm³/mol. The summed E-state index contributed by atoms with van der Waals surface area (Å²) in [4.78, 5) is 14.5. The van der Waals surface area contributed by atoms with E-state index in [9.17, 15) is 4.79 Å². The minimum atomic E-state index is 0.218. The Morgan fingerprint density at radius 2 is 2.15 bits per heavy atom. The molecule has 1 amide bonds. The van der Waals surface area contributed by atoms with Crippen LogP contribution in [0.25, 0.3) is 0 Å². The molecule has 1 rings (SSSR count). The lowest BCUT2D eigenvalue weighted by Crippen LogP contribution is -2.47. The molecule has 0 saturated carbocycles. The van der Waals surface area contributed by atoms with Crippen LogP contribution in [-0.4, -0.2) is 43.0 Å². The van der Waals surface area contributed by atoms with Crippen LogP contribution in [0.5, 0.6) is 0 Å². The molecule has 1 saturated heterocycles. The first-order valence-corrected chi connectivity index (χ1v) is 8.28. The smallest absolute Gasteiger partial charge is 0.220 e. The van der Waals surface area contributed by atoms with Crippen molar-refractivity contribution in [2.24, 2.45) is 17.6 Å². The molecule has 1 fully saturated rings. The van der Waals surface area contributed by atoms with E-state index in [1.165, 1.54) is 13.0 Å². The van der Waals surface area contributed by atoms with Gasteiger partial charge in [-0.2, -0.15) is 0 Å². The second kappa shape index (κ2) is 9.35. The quantitative estimate of drug-likeness (QED) is 0.716. The van der Waals surface area contributed by atoms with Gasteiger partial charge in [-0.15, -0.1) is 0 Å². The molecular weight excluding hydrogens is 250 g/mol. The minimum absolute atomic E-state index is 0.218. The van der Waals surface area contributed by atoms with Crippen LogP contribution in [0.1, 0.15) is 52.9 Å². The number of hydrogen-bond acceptors (Lipinski definition) is 3. The van der Waals surface area contributed by atoms with Crippen LogP contribution in [0.15, 0.2) is 0 Å². The number of piperidine rings is 1. The summed E-state index contributed by atoms with van der Waals surface area (Å²) in [6, 6.07) is 0.350. The molecule has 2 atom stereocenters. The normalized spacial score (nSPS) is 21.9. The number of amides is 1. The van der Waals surface area contributed by atoms with Crippen LogP contribution >= 0.6 is 0 Å². The van der Waals surface area contributed by atoms with E-state index in [1.807, 2.05) is 0 Å². The molecule has 1 heterocycles. The van der Waals surface area contributed by atoms with E-state index in [1.54, 1.807) is 0 Å². The Labute approximate surface area is 124 Å². The molecule has 0 bridgehead atoms. The van der Waals surface area contributed by atoms with E-state index in [-0.39, 0.29) is 5.91 Å². The molecule has 4 heteroatoms. The summed E-state index contributed by atoms with van der Waals surface area (Å²) in [5.41, 5.74) is 5.65. The molecule has 0 radical (unpaired) electrons. The Morgan fingerprint density at radius 1 is 1.40 bits per heavy atom. The van der Waals surface area contributed by atoms with E-state index in [4.69, 9.17) is 5.73 Å². The number of nitrogens with one attached hydrogen (secondary N) is 1. The fraction of sp³-hybridized carbons (Fsp3) is 0.938. The van der Waals surface area contributed by atoms with Crippen molar-refractivity contribution in [3.05, 3.63) is 0 Å². The van der Waals surface area contributed by atoms with E-state index in [0.717, 1.165) is 38.9 Å². The van der Waals surface area contributed by atoms with Crippen molar-refractivity contribution in [1.29, 1.82) is 0 Å². The van der Waals surface area contributed by atoms with Crippen molar-refractivity contribution < 1.29 is 4.79 Å². The van der Waals surface area contributed by atoms with Gasteiger partial charge in [-0.3, -0.25) is 4.79 Å². The molecule has 0 aromatic rings. The van der Waals surface area contributed by atoms with Crippen molar-refractivity contribution in [1.82, 2.24) is 10.2 Å². The fourth-order valence-electron chi connectivity index (χ4n) is 3.10. The third kappa shape index (κ3) is 6.23. The van der Waals surface area contributed by atoms with Crippen LogP contribution in [0.4, 0.5) is 0 Å². The lowest BCUT2D eigenvalue weighted by molar-refractivity contribution is -0.122. The highest BCUT2D eigenvalue weighted by Crippen LogP contribution is 2.20. The van der Waals surface area contributed by atoms with Crippen LogP contribution in [0.3, 0.4) is 0 Å². The van der Waals surface area contributed by atoms with E-state index in [0.29, 0.717) is 24.3 Å². The first kappa shape index (κ1) is 17.4. The topological polar surface area (TPSA) is 58.4 Å². The zero-order valence-electron chi connectivity index (χ0n) is 13.5. The van der Waals surface area contributed by atoms with Gasteiger partial charge in [0.05, 0.1) is 0 Å². The maximum atomic E-state index is 12.1. The number of hydrogen-bond donors (Lipinski definition) is 2. The van der Waals surface area contributed by atoms with Gasteiger partial charge in [-0.25, -0.2) is 0 Å². The predicted octanol–water partition coefficient (Wildman–Crippen LogP) is 1.99. The van der Waals surface area contributed by atoms with Crippen molar-refractivity contribution in [2.45, 2.75) is 58.9 Å². The van der Waals surface area contributed by atoms with E-state index < -0.39 is 0 Å². The molecular formula is C16H33N3O. The lowest BCUT2D eigenvalue weighted by Gasteiger charge is -2.32. The van der Waals surface area contributed by atoms with Crippen LogP contribution in [0.2, 0.25) is 0 Å². The molecule has 2 unspecified atom stereocenters. The van der Waals surface area contributed by atoms with Crippen LogP contribution in [0, 0.1) is 11.8 Å². The Balaban J connectivity index is 2.28. The Hall–Kier alpha value is -0.610. The van der Waals surface area contributed by atoms with Crippen molar-refractivity contribution in [3.8, 4) is 0 Å². The van der Waals surface area contributed by atoms with Gasteiger partial charge in [0, 0.05) is 19.0 Å². The number of likely N-dealkylation sites (N-methyl/N-ethyl adjacent to an activating group) is 1. The highest BCUT2D eigenvalue weighted by molar-refractivity contribution is 5.76. The zero-order valence-corrected chi connectivity index (χ0v) is 13.5. The maximum absolute atomic E-state index is 12.1. The summed E-state index contributed by atoms with van der Waals surface area (Å²) in [7, 11) is 0. The van der Waals surface area contributed by atoms with E-state index in [2.05, 4.69) is 31.0 Å². The van der Waals surface area contributed by atoms with Crippen LogP contribution in [-0.2, 0) is 4.79 Å². The van der Waals surface area contributed by atoms with Crippen molar-refractivity contribution in [2.75, 3.05) is 26.2 Å². The second-order valence-electron chi connectivity index (χ2n) is 6.42. The highest BCUT2D eigenvalue weighted by Gasteiger charge is 2.21. The van der Waals surface area contributed by atoms with Gasteiger partial charge in [0.1, 0.15) is 0 Å². The number of nitrogens with two attached hydrogens (primary N) is 1. The average Bonchev–Trinajstić information content (AvgIpc) is 2.43. The van der Waals surface area contributed by atoms with Gasteiger partial charge in [0.2, 0.25) is 5.91 Å². The lowest BCUT2D eigenvalue weighted by atomic mass is 9.88. The molecule has 1 aliphatic heterocycles. The third-order valence-corrected chi connectivity index (χ3v) is 4.54. The van der Waals surface area contributed by atoms with Gasteiger partial charge in [-0.1, -0.05) is 20.8 Å². The minimum Gasteiger partial charge on any atom is -0.352 e. The number of rotatable bonds is 8. The number of nitrogens with zero attached hydrogens (tertiary/aromatic N) is 1. The summed E-state index contributed by atoms with van der Waals surface area (Å²) >= 11 is 0. The molecule has 20 heavy (non-hydrogen) atoms. The Kier molecular flexibility index (Phi) is 8.15. The Bertz CT molecular complexity index is 281. The average molecular weight is 283 g/mol. The molecule has 4 nitrogen and oxygen atoms in total. The molecule has 0 aromatic carbocycles. The fourth-order valence-corrected chi connectivity index (χ4v) is 3.10. The number of carbonyl (C=O) groups is 1. The molecule has 0 aliphatic carbocycles. The standard InChI is InChI=1S/C16H33N3O/c1-4-19-11-5-6-15(12-19)18-16(20)8-7-14(9-10-17)13(2)3/h13-15H,4-12,17H2,1-3H3,(H,18,20). The van der Waals surface area contributed by atoms with Gasteiger partial charge >= 0.3 is 0 Å². The maximum Gasteiger partial charge on any atom is 0.220 e. The molecule has 3 N–H and O–H groups in total. The summed E-state index contributed by atoms with van der Waals surface area (Å²) in [5.74, 6) is 1.40. The van der Waals surface area contributed by atoms with Gasteiger partial charge in [0.15, 0.2) is 0 Å². The molecule has 118 valence electrons. The van der Waals surface area contributed by atoms with Gasteiger partial charge in [0.25, 0.3) is 0 Å². The van der Waals surface area contributed by atoms with Gasteiger partial charge in [-0.05, 0) is 57.2 Å². The summed E-state index contributed by atoms with van der Waals surface area (Å²) in [6.07, 6.45) is 4.95. The summed E-state index contributed by atoms with van der Waals surface area (Å²) in [5, 5.41) is 3.21. The first-order valence-electron chi connectivity index (χ1n) is 8.28. The molecule has 0 aromatic heterocycles. The zero-order chi connectivity index (χ0) is 15.0. The SMILES string of the molecule is CCN1CCCC(NC(=O)CCC(CCN)C(C)C)C1. The monoisotopic (exact) mass is 283 g/mol. The number of likely N-dealkylation sites (tertiary alicyclic amines) is 1. The van der Waals surface area contributed by atoms with Crippen LogP contribution < -0.4 is 11.1 Å². The van der Waals surface area contributed by atoms with Crippen molar-refractivity contribution >= 4 is 5.91 Å². The largest absolute Gasteiger partial charge is 0.352 e. The molecule has 0 spiro atoms. The summed E-state index contributed by atoms with van der Waals surface area (Å²) in [6.45, 7) is 10.6. The van der Waals surface area contributed by atoms with E-state index >= 15 is 0 Å². The third-order valence-electron chi connectivity index (χ3n) is 4.54. The first-order chi connectivity index (χ1) is 9.56. The summed E-state index contributed by atoms with van der Waals surface area (Å²) < 4.78 is 0. The van der Waals surface area contributed by atoms with Gasteiger partial charge < -0.3 is 16.0 Å². The second-order valence-corrected chi connectivity index (χ2v) is 6.42.